The Labute approximate surface area is 162 Å². The summed E-state index contributed by atoms with van der Waals surface area (Å²) in [4.78, 5) is 7.08. The molecule has 1 aromatic heterocycles. The zero-order chi connectivity index (χ0) is 18.6. The first-order valence-electron chi connectivity index (χ1n) is 9.31. The molecule has 1 fully saturated rings. The first kappa shape index (κ1) is 18.3. The van der Waals surface area contributed by atoms with Crippen molar-refractivity contribution in [2.45, 2.75) is 24.9 Å². The van der Waals surface area contributed by atoms with E-state index in [-0.39, 0.29) is 12.4 Å². The average molecular weight is 386 g/mol. The second kappa shape index (κ2) is 8.33. The van der Waals surface area contributed by atoms with Gasteiger partial charge in [0.25, 0.3) is 0 Å². The van der Waals surface area contributed by atoms with Crippen LogP contribution in [0.15, 0.2) is 48.5 Å². The van der Waals surface area contributed by atoms with Crippen LogP contribution >= 0.6 is 11.3 Å². The first-order chi connectivity index (χ1) is 13.2. The van der Waals surface area contributed by atoms with Crippen LogP contribution < -0.4 is 4.74 Å². The summed E-state index contributed by atoms with van der Waals surface area (Å²) in [7, 11) is 0. The lowest BCUT2D eigenvalue weighted by atomic mass is 9.97. The van der Waals surface area contributed by atoms with Gasteiger partial charge in [-0.15, -0.1) is 11.3 Å². The minimum Gasteiger partial charge on any atom is -0.491 e. The number of nitrogens with zero attached hydrogens (tertiary/aromatic N) is 2. The van der Waals surface area contributed by atoms with E-state index in [0.29, 0.717) is 18.2 Å². The molecule has 0 spiro atoms. The monoisotopic (exact) mass is 386 g/mol. The molecule has 27 heavy (non-hydrogen) atoms. The highest BCUT2D eigenvalue weighted by Gasteiger charge is 2.24. The van der Waals surface area contributed by atoms with E-state index in [1.54, 1.807) is 23.5 Å². The first-order valence-corrected chi connectivity index (χ1v) is 10.1. The van der Waals surface area contributed by atoms with Crippen LogP contribution in [0, 0.1) is 5.82 Å². The fourth-order valence-electron chi connectivity index (χ4n) is 3.50. The van der Waals surface area contributed by atoms with E-state index in [9.17, 15) is 9.50 Å². The summed E-state index contributed by atoms with van der Waals surface area (Å²) in [6.45, 7) is 2.71. The van der Waals surface area contributed by atoms with Crippen molar-refractivity contribution < 1.29 is 14.2 Å². The number of hydrogen-bond donors (Lipinski definition) is 1. The number of piperidine rings is 1. The molecule has 1 atom stereocenters. The van der Waals surface area contributed by atoms with E-state index in [4.69, 9.17) is 9.72 Å². The molecule has 0 bridgehead atoms. The molecule has 1 aliphatic rings. The van der Waals surface area contributed by atoms with Crippen molar-refractivity contribution in [3.63, 3.8) is 0 Å². The predicted molar refractivity (Wildman–Crippen MR) is 106 cm³/mol. The fraction of sp³-hybridized carbons (Fsp3) is 0.381. The van der Waals surface area contributed by atoms with Crippen molar-refractivity contribution in [2.24, 2.45) is 0 Å². The molecule has 2 aromatic carbocycles. The Morgan fingerprint density at radius 3 is 2.63 bits per heavy atom. The molecule has 6 heteroatoms. The van der Waals surface area contributed by atoms with Crippen molar-refractivity contribution in [3.8, 4) is 5.75 Å². The standard InChI is InChI=1S/C21H23FN2O2S/c22-16-5-7-18(8-6-16)26-14-17(25)13-24-11-9-15(10-12-24)21-23-19-3-1-2-4-20(19)27-21/h1-8,15,17,25H,9-14H2. The number of aliphatic hydroxyl groups is 1. The third-order valence-electron chi connectivity index (χ3n) is 4.97. The highest BCUT2D eigenvalue weighted by Crippen LogP contribution is 2.33. The Hall–Kier alpha value is -2.02. The van der Waals surface area contributed by atoms with E-state index in [2.05, 4.69) is 23.1 Å². The van der Waals surface area contributed by atoms with Gasteiger partial charge in [-0.2, -0.15) is 0 Å². The molecule has 4 rings (SSSR count). The number of halogens is 1. The summed E-state index contributed by atoms with van der Waals surface area (Å²) in [5.74, 6) is 0.787. The van der Waals surface area contributed by atoms with Crippen LogP contribution in [0.2, 0.25) is 0 Å². The third-order valence-corrected chi connectivity index (χ3v) is 6.17. The number of ether oxygens (including phenoxy) is 1. The number of aromatic nitrogens is 1. The molecule has 0 amide bonds. The predicted octanol–water partition coefficient (Wildman–Crippen LogP) is 4.05. The quantitative estimate of drug-likeness (QED) is 0.694. The van der Waals surface area contributed by atoms with Crippen molar-refractivity contribution in [1.29, 1.82) is 0 Å². The van der Waals surface area contributed by atoms with Gasteiger partial charge in [-0.05, 0) is 62.3 Å². The maximum atomic E-state index is 12.9. The van der Waals surface area contributed by atoms with Crippen molar-refractivity contribution in [2.75, 3.05) is 26.2 Å². The smallest absolute Gasteiger partial charge is 0.123 e. The molecule has 0 radical (unpaired) electrons. The van der Waals surface area contributed by atoms with Gasteiger partial charge in [0.1, 0.15) is 24.3 Å². The highest BCUT2D eigenvalue weighted by molar-refractivity contribution is 7.18. The zero-order valence-corrected chi connectivity index (χ0v) is 15.9. The van der Waals surface area contributed by atoms with Crippen LogP contribution in [0.25, 0.3) is 10.2 Å². The number of thiazole rings is 1. The largest absolute Gasteiger partial charge is 0.491 e. The second-order valence-electron chi connectivity index (χ2n) is 7.01. The number of benzene rings is 2. The molecule has 0 saturated carbocycles. The molecule has 1 aliphatic heterocycles. The van der Waals surface area contributed by atoms with Crippen molar-refractivity contribution in [1.82, 2.24) is 9.88 Å². The lowest BCUT2D eigenvalue weighted by molar-refractivity contribution is 0.0594. The Morgan fingerprint density at radius 2 is 1.89 bits per heavy atom. The normalized spacial score (nSPS) is 17.3. The zero-order valence-electron chi connectivity index (χ0n) is 15.1. The average Bonchev–Trinajstić information content (AvgIpc) is 3.12. The van der Waals surface area contributed by atoms with Gasteiger partial charge in [-0.1, -0.05) is 12.1 Å². The summed E-state index contributed by atoms with van der Waals surface area (Å²) < 4.78 is 19.7. The lowest BCUT2D eigenvalue weighted by Gasteiger charge is -2.32. The van der Waals surface area contributed by atoms with Crippen LogP contribution in [-0.4, -0.2) is 47.3 Å². The molecule has 4 nitrogen and oxygen atoms in total. The minimum atomic E-state index is -0.561. The number of fused-ring (bicyclic) bond motifs is 1. The van der Waals surface area contributed by atoms with Gasteiger partial charge in [0, 0.05) is 12.5 Å². The molecule has 142 valence electrons. The molecule has 1 saturated heterocycles. The lowest BCUT2D eigenvalue weighted by Crippen LogP contribution is -2.40. The van der Waals surface area contributed by atoms with Gasteiger partial charge in [0.05, 0.1) is 15.2 Å². The van der Waals surface area contributed by atoms with Crippen LogP contribution in [0.1, 0.15) is 23.8 Å². The van der Waals surface area contributed by atoms with E-state index < -0.39 is 6.10 Å². The second-order valence-corrected chi connectivity index (χ2v) is 8.08. The molecule has 3 aromatic rings. The Kier molecular flexibility index (Phi) is 5.66. The maximum absolute atomic E-state index is 12.9. The van der Waals surface area contributed by atoms with Gasteiger partial charge in [-0.3, -0.25) is 0 Å². The van der Waals surface area contributed by atoms with Crippen molar-refractivity contribution >= 4 is 21.6 Å². The number of hydrogen-bond acceptors (Lipinski definition) is 5. The summed E-state index contributed by atoms with van der Waals surface area (Å²) in [5, 5.41) is 11.5. The maximum Gasteiger partial charge on any atom is 0.123 e. The van der Waals surface area contributed by atoms with Crippen LogP contribution in [-0.2, 0) is 0 Å². The van der Waals surface area contributed by atoms with Crippen LogP contribution in [0.4, 0.5) is 4.39 Å². The molecule has 2 heterocycles. The summed E-state index contributed by atoms with van der Waals surface area (Å²) in [6.07, 6.45) is 1.56. The van der Waals surface area contributed by atoms with Crippen molar-refractivity contribution in [3.05, 3.63) is 59.4 Å². The molecular weight excluding hydrogens is 363 g/mol. The van der Waals surface area contributed by atoms with Gasteiger partial charge in [0.2, 0.25) is 0 Å². The Bertz CT molecular complexity index is 842. The van der Waals surface area contributed by atoms with Crippen LogP contribution in [0.5, 0.6) is 5.75 Å². The highest BCUT2D eigenvalue weighted by atomic mass is 32.1. The SMILES string of the molecule is OC(COc1ccc(F)cc1)CN1CCC(c2nc3ccccc3s2)CC1. The van der Waals surface area contributed by atoms with E-state index in [0.717, 1.165) is 31.4 Å². The third kappa shape index (κ3) is 4.64. The Morgan fingerprint density at radius 1 is 1.15 bits per heavy atom. The van der Waals surface area contributed by atoms with E-state index >= 15 is 0 Å². The topological polar surface area (TPSA) is 45.6 Å². The van der Waals surface area contributed by atoms with E-state index in [1.807, 2.05) is 6.07 Å². The summed E-state index contributed by atoms with van der Waals surface area (Å²) in [5.41, 5.74) is 1.09. The number of rotatable bonds is 6. The Balaban J connectivity index is 1.24. The number of para-hydroxylation sites is 1. The summed E-state index contributed by atoms with van der Waals surface area (Å²) in [6, 6.07) is 14.2. The molecule has 1 N–H and O–H groups in total. The van der Waals surface area contributed by atoms with Gasteiger partial charge in [-0.25, -0.2) is 9.37 Å². The molecule has 1 unspecified atom stereocenters. The minimum absolute atomic E-state index is 0.212. The number of likely N-dealkylation sites (tertiary alicyclic amines) is 1. The van der Waals surface area contributed by atoms with Crippen LogP contribution in [0.3, 0.4) is 0 Å². The van der Waals surface area contributed by atoms with E-state index in [1.165, 1.54) is 21.8 Å². The number of β-amino-alcohol motifs (C(OH)–C–C–N with tert-alkyl or cyclic N) is 1. The summed E-state index contributed by atoms with van der Waals surface area (Å²) >= 11 is 1.80. The van der Waals surface area contributed by atoms with Gasteiger partial charge < -0.3 is 14.7 Å². The number of aliphatic hydroxyl groups excluding tert-OH is 1. The molecular formula is C21H23FN2O2S. The van der Waals surface area contributed by atoms with Gasteiger partial charge in [0.15, 0.2) is 0 Å². The fourth-order valence-corrected chi connectivity index (χ4v) is 4.64. The van der Waals surface area contributed by atoms with Gasteiger partial charge >= 0.3 is 0 Å². The molecule has 0 aliphatic carbocycles.